The highest BCUT2D eigenvalue weighted by molar-refractivity contribution is 9.10. The number of carbonyl (C=O) groups is 1. The average molecular weight is 277 g/mol. The third-order valence-corrected chi connectivity index (χ3v) is 2.35. The Morgan fingerprint density at radius 1 is 1.67 bits per heavy atom. The third-order valence-electron chi connectivity index (χ3n) is 1.82. The average Bonchev–Trinajstić information content (AvgIpc) is 2.53. The van der Waals surface area contributed by atoms with Gasteiger partial charge in [-0.3, -0.25) is 4.79 Å². The lowest BCUT2D eigenvalue weighted by atomic mass is 10.3. The van der Waals surface area contributed by atoms with Crippen molar-refractivity contribution in [2.45, 2.75) is 0 Å². The van der Waals surface area contributed by atoms with Crippen LogP contribution < -0.4 is 5.32 Å². The van der Waals surface area contributed by atoms with Crippen molar-refractivity contribution in [3.63, 3.8) is 0 Å². The number of rotatable bonds is 6. The number of hydrogen-bond acceptors (Lipinski definition) is 5. The van der Waals surface area contributed by atoms with Gasteiger partial charge in [0.05, 0.1) is 13.2 Å². The van der Waals surface area contributed by atoms with Crippen LogP contribution >= 0.6 is 15.9 Å². The molecule has 0 aromatic carbocycles. The van der Waals surface area contributed by atoms with E-state index in [1.54, 1.807) is 14.2 Å². The highest BCUT2D eigenvalue weighted by Crippen LogP contribution is 2.11. The molecule has 0 fully saturated rings. The first-order chi connectivity index (χ1) is 7.16. The van der Waals surface area contributed by atoms with Gasteiger partial charge in [0.15, 0.2) is 10.4 Å². The normalized spacial score (nSPS) is 10.6. The number of aryl methyl sites for hydroxylation is 1. The lowest BCUT2D eigenvalue weighted by molar-refractivity contribution is 0.0978. The summed E-state index contributed by atoms with van der Waals surface area (Å²) in [6.07, 6.45) is 0. The highest BCUT2D eigenvalue weighted by atomic mass is 79.9. The van der Waals surface area contributed by atoms with Crippen LogP contribution in [0.5, 0.6) is 0 Å². The second-order valence-corrected chi connectivity index (χ2v) is 3.70. The van der Waals surface area contributed by atoms with E-state index in [0.29, 0.717) is 23.4 Å². The monoisotopic (exact) mass is 276 g/mol. The van der Waals surface area contributed by atoms with E-state index >= 15 is 0 Å². The minimum absolute atomic E-state index is 0.0505. The largest absolute Gasteiger partial charge is 0.383 e. The van der Waals surface area contributed by atoms with Crippen molar-refractivity contribution < 1.29 is 9.53 Å². The van der Waals surface area contributed by atoms with Crippen LogP contribution in [0.3, 0.4) is 0 Å². The molecule has 0 aliphatic rings. The summed E-state index contributed by atoms with van der Waals surface area (Å²) in [5, 5.41) is 10.4. The van der Waals surface area contributed by atoms with Gasteiger partial charge in [-0.1, -0.05) is 5.21 Å². The van der Waals surface area contributed by atoms with Crippen LogP contribution in [0, 0.1) is 0 Å². The van der Waals surface area contributed by atoms with Crippen LogP contribution in [0.15, 0.2) is 4.60 Å². The molecule has 0 aliphatic heterocycles. The molecule has 15 heavy (non-hydrogen) atoms. The summed E-state index contributed by atoms with van der Waals surface area (Å²) in [6, 6.07) is 0. The quantitative estimate of drug-likeness (QED) is 0.585. The summed E-state index contributed by atoms with van der Waals surface area (Å²) in [4.78, 5) is 11.7. The molecular weight excluding hydrogens is 264 g/mol. The summed E-state index contributed by atoms with van der Waals surface area (Å²) in [5.74, 6) is -0.0505. The number of Topliss-reactive ketones (excluding diaryl/α,β-unsaturated/α-hetero) is 1. The summed E-state index contributed by atoms with van der Waals surface area (Å²) in [7, 11) is 3.30. The molecule has 0 saturated carbocycles. The minimum atomic E-state index is -0.0505. The molecule has 0 radical (unpaired) electrons. The van der Waals surface area contributed by atoms with Crippen LogP contribution in [-0.4, -0.2) is 47.6 Å². The smallest absolute Gasteiger partial charge is 0.197 e. The first-order valence-electron chi connectivity index (χ1n) is 4.45. The number of methoxy groups -OCH3 is 1. The summed E-state index contributed by atoms with van der Waals surface area (Å²) < 4.78 is 6.77. The Morgan fingerprint density at radius 3 is 2.93 bits per heavy atom. The Bertz CT molecular complexity index is 320. The van der Waals surface area contributed by atoms with Gasteiger partial charge in [-0.25, -0.2) is 4.68 Å². The van der Waals surface area contributed by atoms with Gasteiger partial charge in [0.25, 0.3) is 0 Å². The maximum absolute atomic E-state index is 11.7. The SMILES string of the molecule is COCCNCC(=O)c1c(Br)nnn1C. The molecule has 7 heteroatoms. The number of nitrogens with zero attached hydrogens (tertiary/aromatic N) is 3. The fourth-order valence-corrected chi connectivity index (χ4v) is 1.64. The number of ether oxygens (including phenoxy) is 1. The second-order valence-electron chi connectivity index (χ2n) is 2.95. The zero-order chi connectivity index (χ0) is 11.3. The highest BCUT2D eigenvalue weighted by Gasteiger charge is 2.15. The summed E-state index contributed by atoms with van der Waals surface area (Å²) in [6.45, 7) is 1.48. The van der Waals surface area contributed by atoms with Crippen LogP contribution in [0.2, 0.25) is 0 Å². The number of hydrogen-bond donors (Lipinski definition) is 1. The minimum Gasteiger partial charge on any atom is -0.383 e. The van der Waals surface area contributed by atoms with E-state index < -0.39 is 0 Å². The lowest BCUT2D eigenvalue weighted by Gasteiger charge is -2.03. The van der Waals surface area contributed by atoms with Crippen molar-refractivity contribution in [3.8, 4) is 0 Å². The standard InChI is InChI=1S/C8H13BrN4O2/c1-13-7(8(9)11-12-13)6(14)5-10-3-4-15-2/h10H,3-5H2,1-2H3. The molecule has 1 aromatic heterocycles. The van der Waals surface area contributed by atoms with Crippen molar-refractivity contribution in [1.82, 2.24) is 20.3 Å². The Morgan fingerprint density at radius 2 is 2.40 bits per heavy atom. The zero-order valence-corrected chi connectivity index (χ0v) is 10.2. The van der Waals surface area contributed by atoms with Gasteiger partial charge in [-0.15, -0.1) is 5.10 Å². The maximum Gasteiger partial charge on any atom is 0.197 e. The van der Waals surface area contributed by atoms with Crippen LogP contribution in [0.25, 0.3) is 0 Å². The topological polar surface area (TPSA) is 69.0 Å². The van der Waals surface area contributed by atoms with Crippen LogP contribution in [-0.2, 0) is 11.8 Å². The molecule has 0 saturated heterocycles. The van der Waals surface area contributed by atoms with Crippen molar-refractivity contribution in [3.05, 3.63) is 10.3 Å². The Hall–Kier alpha value is -0.790. The van der Waals surface area contributed by atoms with E-state index in [1.165, 1.54) is 4.68 Å². The zero-order valence-electron chi connectivity index (χ0n) is 8.66. The molecule has 0 unspecified atom stereocenters. The first kappa shape index (κ1) is 12.3. The van der Waals surface area contributed by atoms with E-state index in [9.17, 15) is 4.79 Å². The molecule has 0 spiro atoms. The maximum atomic E-state index is 11.7. The van der Waals surface area contributed by atoms with Crippen LogP contribution in [0.4, 0.5) is 0 Å². The third kappa shape index (κ3) is 3.37. The van der Waals surface area contributed by atoms with E-state index in [1.807, 2.05) is 0 Å². The van der Waals surface area contributed by atoms with Crippen molar-refractivity contribution in [2.75, 3.05) is 26.8 Å². The van der Waals surface area contributed by atoms with Crippen molar-refractivity contribution in [1.29, 1.82) is 0 Å². The predicted octanol–water partition coefficient (Wildman–Crippen LogP) is -0.00370. The Labute approximate surface area is 96.1 Å². The summed E-state index contributed by atoms with van der Waals surface area (Å²) >= 11 is 3.17. The Balaban J connectivity index is 2.47. The van der Waals surface area contributed by atoms with E-state index in [0.717, 1.165) is 0 Å². The Kier molecular flexibility index (Phi) is 4.86. The van der Waals surface area contributed by atoms with E-state index in [-0.39, 0.29) is 12.3 Å². The molecule has 1 heterocycles. The molecule has 0 aliphatic carbocycles. The number of carbonyl (C=O) groups excluding carboxylic acids is 1. The van der Waals surface area contributed by atoms with E-state index in [4.69, 9.17) is 4.74 Å². The van der Waals surface area contributed by atoms with Crippen LogP contribution in [0.1, 0.15) is 10.5 Å². The predicted molar refractivity (Wildman–Crippen MR) is 57.8 cm³/mol. The van der Waals surface area contributed by atoms with Gasteiger partial charge >= 0.3 is 0 Å². The van der Waals surface area contributed by atoms with E-state index in [2.05, 4.69) is 31.6 Å². The van der Waals surface area contributed by atoms with Gasteiger partial charge in [0, 0.05) is 20.7 Å². The second kappa shape index (κ2) is 5.94. The fourth-order valence-electron chi connectivity index (χ4n) is 1.09. The first-order valence-corrected chi connectivity index (χ1v) is 5.24. The number of aromatic nitrogens is 3. The number of halogens is 1. The molecule has 1 aromatic rings. The molecular formula is C8H13BrN4O2. The van der Waals surface area contributed by atoms with Gasteiger partial charge in [-0.2, -0.15) is 0 Å². The molecule has 0 bridgehead atoms. The molecule has 6 nitrogen and oxygen atoms in total. The molecule has 0 atom stereocenters. The number of nitrogens with one attached hydrogen (secondary N) is 1. The summed E-state index contributed by atoms with van der Waals surface area (Å²) in [5.41, 5.74) is 0.472. The van der Waals surface area contributed by atoms with Gasteiger partial charge < -0.3 is 10.1 Å². The van der Waals surface area contributed by atoms with Crippen molar-refractivity contribution in [2.24, 2.45) is 7.05 Å². The lowest BCUT2D eigenvalue weighted by Crippen LogP contribution is -2.27. The fraction of sp³-hybridized carbons (Fsp3) is 0.625. The van der Waals surface area contributed by atoms with Gasteiger partial charge in [0.2, 0.25) is 0 Å². The number of ketones is 1. The molecule has 0 amide bonds. The van der Waals surface area contributed by atoms with Crippen molar-refractivity contribution >= 4 is 21.7 Å². The molecule has 1 rings (SSSR count). The van der Waals surface area contributed by atoms with Gasteiger partial charge in [0.1, 0.15) is 5.69 Å². The molecule has 84 valence electrons. The van der Waals surface area contributed by atoms with Gasteiger partial charge in [-0.05, 0) is 15.9 Å². The molecule has 1 N–H and O–H groups in total.